The van der Waals surface area contributed by atoms with Gasteiger partial charge in [-0.1, -0.05) is 40.2 Å². The zero-order valence-corrected chi connectivity index (χ0v) is 13.5. The van der Waals surface area contributed by atoms with Crippen LogP contribution in [0, 0.1) is 0 Å². The summed E-state index contributed by atoms with van der Waals surface area (Å²) in [5.74, 6) is -0.358. The molecule has 1 N–H and O–H groups in total. The fourth-order valence-electron chi connectivity index (χ4n) is 1.94. The van der Waals surface area contributed by atoms with Gasteiger partial charge in [0.15, 0.2) is 0 Å². The molecule has 0 aliphatic heterocycles. The minimum atomic E-state index is -0.810. The highest BCUT2D eigenvalue weighted by atomic mass is 35.5. The lowest BCUT2D eigenvalue weighted by Gasteiger charge is -2.14. The minimum Gasteiger partial charge on any atom is -0.382 e. The van der Waals surface area contributed by atoms with Crippen molar-refractivity contribution in [3.05, 3.63) is 52.5 Å². The van der Waals surface area contributed by atoms with E-state index in [0.717, 1.165) is 0 Å². The van der Waals surface area contributed by atoms with Crippen molar-refractivity contribution in [3.63, 3.8) is 0 Å². The topological polar surface area (TPSA) is 69.0 Å². The van der Waals surface area contributed by atoms with E-state index < -0.39 is 6.10 Å². The molecule has 0 unspecified atom stereocenters. The van der Waals surface area contributed by atoms with Crippen LogP contribution in [0.5, 0.6) is 0 Å². The van der Waals surface area contributed by atoms with Crippen molar-refractivity contribution >= 4 is 45.8 Å². The van der Waals surface area contributed by atoms with Crippen molar-refractivity contribution in [2.45, 2.75) is 13.0 Å². The first-order valence-electron chi connectivity index (χ1n) is 6.78. The molecule has 0 radical (unpaired) electrons. The molecule has 2 aromatic carbocycles. The number of para-hydroxylation sites is 1. The van der Waals surface area contributed by atoms with Gasteiger partial charge in [-0.3, -0.25) is 4.79 Å². The van der Waals surface area contributed by atoms with E-state index in [2.05, 4.69) is 15.6 Å². The summed E-state index contributed by atoms with van der Waals surface area (Å²) < 4.78 is 0. The third-order valence-corrected chi connectivity index (χ3v) is 3.70. The minimum absolute atomic E-state index is 0.358. The van der Waals surface area contributed by atoms with Crippen molar-refractivity contribution in [2.75, 3.05) is 5.32 Å². The number of nitrogens with one attached hydrogen (secondary N) is 1. The van der Waals surface area contributed by atoms with E-state index >= 15 is 0 Å². The Balaban J connectivity index is 1.75. The molecule has 0 spiro atoms. The number of hydrogen-bond donors (Lipinski definition) is 1. The van der Waals surface area contributed by atoms with Gasteiger partial charge in [-0.25, -0.2) is 0 Å². The Kier molecular flexibility index (Phi) is 4.36. The maximum atomic E-state index is 12.2. The van der Waals surface area contributed by atoms with Gasteiger partial charge in [0.05, 0.1) is 10.7 Å². The molecule has 0 aliphatic rings. The van der Waals surface area contributed by atoms with Crippen LogP contribution in [0.15, 0.2) is 42.5 Å². The van der Waals surface area contributed by atoms with E-state index in [0.29, 0.717) is 26.8 Å². The molecular formula is C15H12Cl2N4O2. The van der Waals surface area contributed by atoms with Gasteiger partial charge < -0.3 is 10.2 Å². The highest BCUT2D eigenvalue weighted by Crippen LogP contribution is 2.21. The van der Waals surface area contributed by atoms with Crippen molar-refractivity contribution in [2.24, 2.45) is 0 Å². The van der Waals surface area contributed by atoms with Crippen LogP contribution in [0.3, 0.4) is 0 Å². The molecule has 1 aromatic heterocycles. The number of anilines is 1. The normalized spacial score (nSPS) is 12.1. The number of hydrogen-bond acceptors (Lipinski definition) is 4. The smallest absolute Gasteiger partial charge is 0.268 e. The lowest BCUT2D eigenvalue weighted by Crippen LogP contribution is -2.35. The van der Waals surface area contributed by atoms with E-state index in [-0.39, 0.29) is 5.91 Å². The van der Waals surface area contributed by atoms with Gasteiger partial charge in [-0.05, 0) is 42.5 Å². The summed E-state index contributed by atoms with van der Waals surface area (Å²) in [6.07, 6.45) is -0.810. The third kappa shape index (κ3) is 3.38. The first kappa shape index (κ1) is 15.6. The van der Waals surface area contributed by atoms with E-state index in [9.17, 15) is 4.79 Å². The lowest BCUT2D eigenvalue weighted by molar-refractivity contribution is -0.127. The number of carbonyl (C=O) groups is 1. The maximum absolute atomic E-state index is 12.2. The Bertz CT molecular complexity index is 866. The van der Waals surface area contributed by atoms with E-state index in [4.69, 9.17) is 28.0 Å². The van der Waals surface area contributed by atoms with Gasteiger partial charge in [0, 0.05) is 5.02 Å². The van der Waals surface area contributed by atoms with Crippen LogP contribution < -0.4 is 10.2 Å². The molecule has 0 fully saturated rings. The second-order valence-electron chi connectivity index (χ2n) is 4.81. The molecule has 1 amide bonds. The van der Waals surface area contributed by atoms with Crippen LogP contribution in [0.4, 0.5) is 5.69 Å². The van der Waals surface area contributed by atoms with Crippen LogP contribution in [0.25, 0.3) is 11.0 Å². The molecule has 0 saturated carbocycles. The number of aromatic nitrogens is 3. The average molecular weight is 351 g/mol. The van der Waals surface area contributed by atoms with Gasteiger partial charge >= 0.3 is 0 Å². The van der Waals surface area contributed by atoms with E-state index in [1.54, 1.807) is 49.4 Å². The number of amides is 1. The van der Waals surface area contributed by atoms with Crippen LogP contribution in [0.1, 0.15) is 6.92 Å². The molecule has 3 aromatic rings. The second-order valence-corrected chi connectivity index (χ2v) is 5.66. The highest BCUT2D eigenvalue weighted by molar-refractivity contribution is 6.33. The van der Waals surface area contributed by atoms with Gasteiger partial charge in [-0.15, -0.1) is 5.10 Å². The zero-order valence-electron chi connectivity index (χ0n) is 12.0. The van der Waals surface area contributed by atoms with Crippen molar-refractivity contribution in [1.82, 2.24) is 15.2 Å². The highest BCUT2D eigenvalue weighted by Gasteiger charge is 2.18. The van der Waals surface area contributed by atoms with Gasteiger partial charge in [0.2, 0.25) is 6.10 Å². The van der Waals surface area contributed by atoms with Crippen molar-refractivity contribution in [1.29, 1.82) is 0 Å². The van der Waals surface area contributed by atoms with E-state index in [1.807, 2.05) is 0 Å². The Hall–Kier alpha value is -2.31. The number of rotatable bonds is 4. The fourth-order valence-corrected chi connectivity index (χ4v) is 2.29. The Morgan fingerprint density at radius 2 is 2.04 bits per heavy atom. The molecule has 0 aliphatic carbocycles. The third-order valence-electron chi connectivity index (χ3n) is 3.14. The summed E-state index contributed by atoms with van der Waals surface area (Å²) in [7, 11) is 0. The van der Waals surface area contributed by atoms with Gasteiger partial charge in [-0.2, -0.15) is 0 Å². The SMILES string of the molecule is C[C@@H](On1nnc2ccc(Cl)cc21)C(=O)Nc1ccccc1Cl. The fraction of sp³-hybridized carbons (Fsp3) is 0.133. The maximum Gasteiger partial charge on any atom is 0.268 e. The van der Waals surface area contributed by atoms with Crippen molar-refractivity contribution < 1.29 is 9.63 Å². The summed E-state index contributed by atoms with van der Waals surface area (Å²) in [5.41, 5.74) is 1.71. The molecule has 23 heavy (non-hydrogen) atoms. The number of halogens is 2. The lowest BCUT2D eigenvalue weighted by atomic mass is 10.3. The Morgan fingerprint density at radius 1 is 1.26 bits per heavy atom. The Labute approximate surface area is 141 Å². The zero-order chi connectivity index (χ0) is 16.4. The summed E-state index contributed by atoms with van der Waals surface area (Å²) >= 11 is 12.0. The van der Waals surface area contributed by atoms with Crippen LogP contribution in [0.2, 0.25) is 10.0 Å². The van der Waals surface area contributed by atoms with E-state index in [1.165, 1.54) is 4.85 Å². The van der Waals surface area contributed by atoms with Crippen LogP contribution in [-0.4, -0.2) is 27.2 Å². The molecule has 3 rings (SSSR count). The predicted octanol–water partition coefficient (Wildman–Crippen LogP) is 3.19. The quantitative estimate of drug-likeness (QED) is 0.784. The molecule has 1 atom stereocenters. The largest absolute Gasteiger partial charge is 0.382 e. The van der Waals surface area contributed by atoms with Gasteiger partial charge in [0.1, 0.15) is 11.0 Å². The summed E-state index contributed by atoms with van der Waals surface area (Å²) in [4.78, 5) is 18.9. The first-order chi connectivity index (χ1) is 11.0. The monoisotopic (exact) mass is 350 g/mol. The Morgan fingerprint density at radius 3 is 2.83 bits per heavy atom. The molecule has 118 valence electrons. The summed E-state index contributed by atoms with van der Waals surface area (Å²) in [5, 5.41) is 11.5. The first-order valence-corrected chi connectivity index (χ1v) is 7.53. The van der Waals surface area contributed by atoms with Crippen molar-refractivity contribution in [3.8, 4) is 0 Å². The summed E-state index contributed by atoms with van der Waals surface area (Å²) in [6, 6.07) is 12.0. The number of fused-ring (bicyclic) bond motifs is 1. The standard InChI is InChI=1S/C15H12Cl2N4O2/c1-9(15(22)18-12-5-3-2-4-11(12)17)23-21-14-8-10(16)6-7-13(14)19-20-21/h2-9H,1H3,(H,18,22)/t9-/m1/s1. The summed E-state index contributed by atoms with van der Waals surface area (Å²) in [6.45, 7) is 1.60. The van der Waals surface area contributed by atoms with Gasteiger partial charge in [0.25, 0.3) is 5.91 Å². The molecular weight excluding hydrogens is 339 g/mol. The predicted molar refractivity (Wildman–Crippen MR) is 88.7 cm³/mol. The molecule has 0 saturated heterocycles. The van der Waals surface area contributed by atoms with Crippen LogP contribution in [-0.2, 0) is 4.79 Å². The molecule has 8 heteroatoms. The average Bonchev–Trinajstić information content (AvgIpc) is 2.91. The molecule has 1 heterocycles. The second kappa shape index (κ2) is 6.44. The number of carbonyl (C=O) groups excluding carboxylic acids is 1. The molecule has 6 nitrogen and oxygen atoms in total. The number of nitrogens with zero attached hydrogens (tertiary/aromatic N) is 3. The van der Waals surface area contributed by atoms with Crippen LogP contribution >= 0.6 is 23.2 Å². The molecule has 0 bridgehead atoms. The number of benzene rings is 2.